The molecule has 0 aliphatic heterocycles. The lowest BCUT2D eigenvalue weighted by Crippen LogP contribution is -1.96. The standard InChI is InChI=1S/C7H5ClFNO3/c8-5-1-4(3-11)7(10(12)13)2-6(5)9/h1-2,11H,3H2. The van der Waals surface area contributed by atoms with E-state index in [1.165, 1.54) is 0 Å². The first kappa shape index (κ1) is 9.88. The van der Waals surface area contributed by atoms with Gasteiger partial charge in [-0.1, -0.05) is 11.6 Å². The zero-order valence-corrected chi connectivity index (χ0v) is 7.08. The molecule has 0 aliphatic carbocycles. The van der Waals surface area contributed by atoms with E-state index in [9.17, 15) is 14.5 Å². The normalized spacial score (nSPS) is 10.1. The fourth-order valence-electron chi connectivity index (χ4n) is 0.874. The number of aliphatic hydroxyl groups is 1. The van der Waals surface area contributed by atoms with Gasteiger partial charge in [0.05, 0.1) is 28.2 Å². The van der Waals surface area contributed by atoms with Crippen LogP contribution in [0.3, 0.4) is 0 Å². The van der Waals surface area contributed by atoms with Gasteiger partial charge in [0, 0.05) is 0 Å². The Morgan fingerprint density at radius 3 is 2.69 bits per heavy atom. The first-order valence-corrected chi connectivity index (χ1v) is 3.67. The molecule has 1 aromatic carbocycles. The Labute approximate surface area is 77.7 Å². The van der Waals surface area contributed by atoms with Crippen LogP contribution in [0.1, 0.15) is 5.56 Å². The van der Waals surface area contributed by atoms with Crippen molar-refractivity contribution in [2.24, 2.45) is 0 Å². The molecular weight excluding hydrogens is 201 g/mol. The smallest absolute Gasteiger partial charge is 0.277 e. The summed E-state index contributed by atoms with van der Waals surface area (Å²) in [5.74, 6) is -0.870. The second-order valence-corrected chi connectivity index (χ2v) is 2.72. The molecule has 0 saturated carbocycles. The van der Waals surface area contributed by atoms with Crippen LogP contribution in [-0.2, 0) is 6.61 Å². The number of hydrogen-bond acceptors (Lipinski definition) is 3. The van der Waals surface area contributed by atoms with Crippen LogP contribution in [0.4, 0.5) is 10.1 Å². The van der Waals surface area contributed by atoms with Crippen molar-refractivity contribution in [1.82, 2.24) is 0 Å². The third-order valence-corrected chi connectivity index (χ3v) is 1.78. The summed E-state index contributed by atoms with van der Waals surface area (Å²) < 4.78 is 12.7. The highest BCUT2D eigenvalue weighted by Crippen LogP contribution is 2.25. The highest BCUT2D eigenvalue weighted by Gasteiger charge is 2.16. The molecule has 1 aromatic rings. The summed E-state index contributed by atoms with van der Waals surface area (Å²) >= 11 is 5.36. The Bertz CT molecular complexity index is 356. The number of benzene rings is 1. The lowest BCUT2D eigenvalue weighted by atomic mass is 10.2. The Morgan fingerprint density at radius 2 is 2.23 bits per heavy atom. The Morgan fingerprint density at radius 1 is 1.62 bits per heavy atom. The van der Waals surface area contributed by atoms with Crippen molar-refractivity contribution in [1.29, 1.82) is 0 Å². The van der Waals surface area contributed by atoms with E-state index < -0.39 is 23.0 Å². The van der Waals surface area contributed by atoms with Crippen molar-refractivity contribution in [3.05, 3.63) is 38.7 Å². The Balaban J connectivity index is 3.33. The Kier molecular flexibility index (Phi) is 2.79. The molecule has 0 fully saturated rings. The fourth-order valence-corrected chi connectivity index (χ4v) is 1.06. The number of nitrogens with zero attached hydrogens (tertiary/aromatic N) is 1. The second kappa shape index (κ2) is 3.68. The zero-order valence-electron chi connectivity index (χ0n) is 6.33. The molecular formula is C7H5ClFNO3. The molecule has 0 spiro atoms. The number of nitro groups is 1. The average Bonchev–Trinajstić information content (AvgIpc) is 2.08. The summed E-state index contributed by atoms with van der Waals surface area (Å²) in [5, 5.41) is 18.8. The topological polar surface area (TPSA) is 63.4 Å². The molecule has 13 heavy (non-hydrogen) atoms. The molecule has 0 atom stereocenters. The first-order valence-electron chi connectivity index (χ1n) is 3.29. The van der Waals surface area contributed by atoms with Gasteiger partial charge in [0.25, 0.3) is 5.69 Å². The molecule has 0 amide bonds. The quantitative estimate of drug-likeness (QED) is 0.592. The molecule has 1 N–H and O–H groups in total. The summed E-state index contributed by atoms with van der Waals surface area (Å²) in [6.07, 6.45) is 0. The molecule has 0 bridgehead atoms. The maximum Gasteiger partial charge on any atom is 0.277 e. The van der Waals surface area contributed by atoms with Gasteiger partial charge in [-0.3, -0.25) is 10.1 Å². The van der Waals surface area contributed by atoms with Crippen LogP contribution in [0.25, 0.3) is 0 Å². The zero-order chi connectivity index (χ0) is 10.0. The van der Waals surface area contributed by atoms with Gasteiger partial charge in [0.1, 0.15) is 5.82 Å². The van der Waals surface area contributed by atoms with E-state index in [1.807, 2.05) is 0 Å². The molecule has 1 rings (SSSR count). The minimum absolute atomic E-state index is 0.00333. The minimum Gasteiger partial charge on any atom is -0.391 e. The third-order valence-electron chi connectivity index (χ3n) is 1.49. The number of halogens is 2. The van der Waals surface area contributed by atoms with Crippen LogP contribution < -0.4 is 0 Å². The first-order chi connectivity index (χ1) is 6.06. The van der Waals surface area contributed by atoms with Crippen LogP contribution in [0.2, 0.25) is 5.02 Å². The Hall–Kier alpha value is -1.20. The number of rotatable bonds is 2. The van der Waals surface area contributed by atoms with Gasteiger partial charge in [0.15, 0.2) is 0 Å². The SMILES string of the molecule is O=[N+]([O-])c1cc(F)c(Cl)cc1CO. The van der Waals surface area contributed by atoms with Gasteiger partial charge in [-0.25, -0.2) is 4.39 Å². The summed E-state index contributed by atoms with van der Waals surface area (Å²) in [5.41, 5.74) is -0.471. The van der Waals surface area contributed by atoms with Crippen molar-refractivity contribution >= 4 is 17.3 Å². The molecule has 4 nitrogen and oxygen atoms in total. The van der Waals surface area contributed by atoms with Crippen molar-refractivity contribution in [3.8, 4) is 0 Å². The molecule has 0 saturated heterocycles. The van der Waals surface area contributed by atoms with Gasteiger partial charge in [0.2, 0.25) is 0 Å². The van der Waals surface area contributed by atoms with Crippen LogP contribution in [-0.4, -0.2) is 10.0 Å². The van der Waals surface area contributed by atoms with Crippen molar-refractivity contribution in [2.75, 3.05) is 0 Å². The number of hydrogen-bond donors (Lipinski definition) is 1. The van der Waals surface area contributed by atoms with Crippen LogP contribution in [0, 0.1) is 15.9 Å². The molecule has 0 heterocycles. The summed E-state index contributed by atoms with van der Waals surface area (Å²) in [7, 11) is 0. The molecule has 0 unspecified atom stereocenters. The molecule has 70 valence electrons. The molecule has 0 radical (unpaired) electrons. The lowest BCUT2D eigenvalue weighted by molar-refractivity contribution is -0.386. The van der Waals surface area contributed by atoms with Crippen molar-refractivity contribution < 1.29 is 14.4 Å². The van der Waals surface area contributed by atoms with Crippen molar-refractivity contribution in [2.45, 2.75) is 6.61 Å². The summed E-state index contributed by atoms with van der Waals surface area (Å²) in [6, 6.07) is 1.73. The minimum atomic E-state index is -0.870. The number of aliphatic hydroxyl groups excluding tert-OH is 1. The van der Waals surface area contributed by atoms with E-state index in [-0.39, 0.29) is 10.6 Å². The van der Waals surface area contributed by atoms with E-state index in [2.05, 4.69) is 0 Å². The number of nitro benzene ring substituents is 1. The maximum absolute atomic E-state index is 12.7. The summed E-state index contributed by atoms with van der Waals surface area (Å²) in [6.45, 7) is -0.545. The molecule has 6 heteroatoms. The average molecular weight is 206 g/mol. The van der Waals surface area contributed by atoms with E-state index in [0.29, 0.717) is 6.07 Å². The van der Waals surface area contributed by atoms with Gasteiger partial charge in [-0.05, 0) is 6.07 Å². The maximum atomic E-state index is 12.7. The predicted molar refractivity (Wildman–Crippen MR) is 44.0 cm³/mol. The van der Waals surface area contributed by atoms with Gasteiger partial charge in [-0.2, -0.15) is 0 Å². The van der Waals surface area contributed by atoms with Crippen molar-refractivity contribution in [3.63, 3.8) is 0 Å². The van der Waals surface area contributed by atoms with Gasteiger partial charge in [-0.15, -0.1) is 0 Å². The van der Waals surface area contributed by atoms with E-state index in [4.69, 9.17) is 16.7 Å². The van der Waals surface area contributed by atoms with E-state index in [0.717, 1.165) is 6.07 Å². The van der Waals surface area contributed by atoms with Crippen LogP contribution >= 0.6 is 11.6 Å². The van der Waals surface area contributed by atoms with Gasteiger partial charge >= 0.3 is 0 Å². The van der Waals surface area contributed by atoms with E-state index in [1.54, 1.807) is 0 Å². The highest BCUT2D eigenvalue weighted by molar-refractivity contribution is 6.30. The third kappa shape index (κ3) is 1.93. The summed E-state index contributed by atoms with van der Waals surface area (Å²) in [4.78, 5) is 9.56. The molecule has 0 aliphatic rings. The van der Waals surface area contributed by atoms with E-state index >= 15 is 0 Å². The van der Waals surface area contributed by atoms with Gasteiger partial charge < -0.3 is 5.11 Å². The largest absolute Gasteiger partial charge is 0.391 e. The predicted octanol–water partition coefficient (Wildman–Crippen LogP) is 1.88. The monoisotopic (exact) mass is 205 g/mol. The molecule has 0 aromatic heterocycles. The van der Waals surface area contributed by atoms with Crippen LogP contribution in [0.15, 0.2) is 12.1 Å². The van der Waals surface area contributed by atoms with Crippen LogP contribution in [0.5, 0.6) is 0 Å². The fraction of sp³-hybridized carbons (Fsp3) is 0.143. The second-order valence-electron chi connectivity index (χ2n) is 2.31. The lowest BCUT2D eigenvalue weighted by Gasteiger charge is -2.00. The highest BCUT2D eigenvalue weighted by atomic mass is 35.5.